The first-order valence-electron chi connectivity index (χ1n) is 5.47. The second kappa shape index (κ2) is 5.33. The highest BCUT2D eigenvalue weighted by molar-refractivity contribution is 8.09. The molecule has 0 amide bonds. The number of para-hydroxylation sites is 2. The number of rotatable bonds is 5. The molecule has 20 heavy (non-hydrogen) atoms. The fourth-order valence-electron chi connectivity index (χ4n) is 1.53. The number of carbonyl (C=O) groups is 1. The molecular formula is C12H11NO6S. The van der Waals surface area contributed by atoms with Gasteiger partial charge < -0.3 is 14.6 Å². The Kier molecular flexibility index (Phi) is 3.75. The maximum Gasteiger partial charge on any atom is 0.355 e. The summed E-state index contributed by atoms with van der Waals surface area (Å²) in [4.78, 5) is 14.2. The standard InChI is InChI=1S/C12H11NO6S/c1-18-9-4-2-3-5-10(9)19-6-11-13-8(12(14)15)7-20(11,16)17/h2-5,7H,6H2,1H3,(H,14,15). The SMILES string of the molecule is COc1ccccc1OCC1=NC(C(=O)O)=CS1(=O)=O. The normalized spacial score (nSPS) is 16.2. The van der Waals surface area contributed by atoms with Crippen molar-refractivity contribution in [3.8, 4) is 11.5 Å². The van der Waals surface area contributed by atoms with E-state index in [1.807, 2.05) is 0 Å². The van der Waals surface area contributed by atoms with Gasteiger partial charge in [0.2, 0.25) is 9.84 Å². The van der Waals surface area contributed by atoms with Gasteiger partial charge in [-0.2, -0.15) is 0 Å². The van der Waals surface area contributed by atoms with Crippen LogP contribution in [0.3, 0.4) is 0 Å². The van der Waals surface area contributed by atoms with Crippen molar-refractivity contribution >= 4 is 20.9 Å². The van der Waals surface area contributed by atoms with Crippen molar-refractivity contribution in [3.05, 3.63) is 35.4 Å². The van der Waals surface area contributed by atoms with E-state index in [9.17, 15) is 13.2 Å². The van der Waals surface area contributed by atoms with E-state index in [1.54, 1.807) is 24.3 Å². The van der Waals surface area contributed by atoms with E-state index in [0.717, 1.165) is 0 Å². The van der Waals surface area contributed by atoms with E-state index in [4.69, 9.17) is 14.6 Å². The van der Waals surface area contributed by atoms with Crippen LogP contribution < -0.4 is 9.47 Å². The Morgan fingerprint density at radius 2 is 1.95 bits per heavy atom. The zero-order valence-corrected chi connectivity index (χ0v) is 11.3. The Labute approximate surface area is 115 Å². The van der Waals surface area contributed by atoms with Crippen molar-refractivity contribution in [1.82, 2.24) is 0 Å². The monoisotopic (exact) mass is 297 g/mol. The Bertz CT molecular complexity index is 704. The van der Waals surface area contributed by atoms with Crippen LogP contribution in [0.15, 0.2) is 40.4 Å². The molecule has 0 fully saturated rings. The summed E-state index contributed by atoms with van der Waals surface area (Å²) in [5.41, 5.74) is -0.524. The number of nitrogens with zero attached hydrogens (tertiary/aromatic N) is 1. The van der Waals surface area contributed by atoms with Gasteiger partial charge in [0, 0.05) is 0 Å². The molecule has 0 saturated carbocycles. The summed E-state index contributed by atoms with van der Waals surface area (Å²) in [6.07, 6.45) is 0. The number of hydrogen-bond donors (Lipinski definition) is 1. The van der Waals surface area contributed by atoms with E-state index < -0.39 is 21.5 Å². The molecule has 1 aromatic rings. The predicted molar refractivity (Wildman–Crippen MR) is 70.6 cm³/mol. The fraction of sp³-hybridized carbons (Fsp3) is 0.167. The topological polar surface area (TPSA) is 102 Å². The summed E-state index contributed by atoms with van der Waals surface area (Å²) in [7, 11) is -2.38. The molecule has 0 spiro atoms. The highest BCUT2D eigenvalue weighted by Crippen LogP contribution is 2.26. The minimum atomic E-state index is -3.83. The molecule has 1 aliphatic heterocycles. The van der Waals surface area contributed by atoms with Crippen LogP contribution in [0, 0.1) is 0 Å². The average molecular weight is 297 g/mol. The van der Waals surface area contributed by atoms with Crippen LogP contribution in [0.25, 0.3) is 0 Å². The van der Waals surface area contributed by atoms with E-state index >= 15 is 0 Å². The molecule has 0 saturated heterocycles. The smallest absolute Gasteiger partial charge is 0.355 e. The molecule has 1 aromatic carbocycles. The molecule has 2 rings (SSSR count). The van der Waals surface area contributed by atoms with Crippen molar-refractivity contribution < 1.29 is 27.8 Å². The lowest BCUT2D eigenvalue weighted by Crippen LogP contribution is -2.18. The maximum absolute atomic E-state index is 11.7. The Hall–Kier alpha value is -2.35. The molecule has 0 radical (unpaired) electrons. The summed E-state index contributed by atoms with van der Waals surface area (Å²) in [5, 5.41) is 8.99. The molecule has 8 heteroatoms. The number of ether oxygens (including phenoxy) is 2. The largest absolute Gasteiger partial charge is 0.493 e. The van der Waals surface area contributed by atoms with Crippen LogP contribution in [0.5, 0.6) is 11.5 Å². The second-order valence-corrected chi connectivity index (χ2v) is 5.60. The van der Waals surface area contributed by atoms with Crippen LogP contribution in [0.4, 0.5) is 0 Å². The van der Waals surface area contributed by atoms with Crippen LogP contribution in [0.2, 0.25) is 0 Å². The molecule has 0 aliphatic carbocycles. The van der Waals surface area contributed by atoms with Crippen molar-refractivity contribution in [2.24, 2.45) is 4.99 Å². The molecule has 1 aliphatic rings. The van der Waals surface area contributed by atoms with Crippen molar-refractivity contribution in [2.75, 3.05) is 13.7 Å². The quantitative estimate of drug-likeness (QED) is 0.863. The first-order valence-corrected chi connectivity index (χ1v) is 7.02. The number of carboxylic acids is 1. The summed E-state index contributed by atoms with van der Waals surface area (Å²) in [6.45, 7) is -0.365. The number of hydrogen-bond acceptors (Lipinski definition) is 6. The summed E-state index contributed by atoms with van der Waals surface area (Å²) in [5.74, 6) is -0.618. The third-order valence-electron chi connectivity index (χ3n) is 2.48. The first kappa shape index (κ1) is 14.1. The van der Waals surface area contributed by atoms with Crippen LogP contribution in [0.1, 0.15) is 0 Å². The van der Waals surface area contributed by atoms with Crippen LogP contribution in [-0.4, -0.2) is 38.3 Å². The number of methoxy groups -OCH3 is 1. The van der Waals surface area contributed by atoms with Gasteiger partial charge in [-0.3, -0.25) is 0 Å². The van der Waals surface area contributed by atoms with Gasteiger partial charge in [-0.15, -0.1) is 0 Å². The lowest BCUT2D eigenvalue weighted by atomic mass is 10.3. The molecule has 0 atom stereocenters. The molecule has 1 heterocycles. The molecule has 0 bridgehead atoms. The van der Waals surface area contributed by atoms with Gasteiger partial charge in [-0.1, -0.05) is 12.1 Å². The van der Waals surface area contributed by atoms with Gasteiger partial charge in [0.15, 0.2) is 22.2 Å². The van der Waals surface area contributed by atoms with Gasteiger partial charge in [0.25, 0.3) is 0 Å². The Morgan fingerprint density at radius 1 is 1.30 bits per heavy atom. The second-order valence-electron chi connectivity index (χ2n) is 3.80. The predicted octanol–water partition coefficient (Wildman–Crippen LogP) is 0.827. The van der Waals surface area contributed by atoms with Crippen LogP contribution in [-0.2, 0) is 14.6 Å². The molecule has 7 nitrogen and oxygen atoms in total. The van der Waals surface area contributed by atoms with Crippen LogP contribution >= 0.6 is 0 Å². The fourth-order valence-corrected chi connectivity index (χ4v) is 2.56. The summed E-state index contributed by atoms with van der Waals surface area (Å²) in [6, 6.07) is 6.69. The van der Waals surface area contributed by atoms with Gasteiger partial charge in [0.1, 0.15) is 6.61 Å². The lowest BCUT2D eigenvalue weighted by molar-refractivity contribution is -0.132. The van der Waals surface area contributed by atoms with Crippen molar-refractivity contribution in [3.63, 3.8) is 0 Å². The highest BCUT2D eigenvalue weighted by atomic mass is 32.2. The van der Waals surface area contributed by atoms with Crippen molar-refractivity contribution in [1.29, 1.82) is 0 Å². The highest BCUT2D eigenvalue weighted by Gasteiger charge is 2.28. The summed E-state index contributed by atoms with van der Waals surface area (Å²) < 4.78 is 33.7. The molecule has 0 aromatic heterocycles. The lowest BCUT2D eigenvalue weighted by Gasteiger charge is -2.09. The minimum Gasteiger partial charge on any atom is -0.493 e. The number of sulfone groups is 1. The Morgan fingerprint density at radius 3 is 2.50 bits per heavy atom. The maximum atomic E-state index is 11.7. The molecule has 1 N–H and O–H groups in total. The van der Waals surface area contributed by atoms with E-state index in [1.165, 1.54) is 7.11 Å². The van der Waals surface area contributed by atoms with E-state index in [2.05, 4.69) is 4.99 Å². The van der Waals surface area contributed by atoms with Gasteiger partial charge >= 0.3 is 5.97 Å². The molecule has 0 unspecified atom stereocenters. The molecule has 106 valence electrons. The van der Waals surface area contributed by atoms with E-state index in [0.29, 0.717) is 16.9 Å². The third-order valence-corrected chi connectivity index (χ3v) is 3.88. The number of aliphatic carboxylic acids is 1. The van der Waals surface area contributed by atoms with Gasteiger partial charge in [-0.25, -0.2) is 18.2 Å². The third kappa shape index (κ3) is 2.80. The van der Waals surface area contributed by atoms with Gasteiger partial charge in [0.05, 0.1) is 12.5 Å². The minimum absolute atomic E-state index is 0.344. The average Bonchev–Trinajstić information content (AvgIpc) is 2.72. The molecular weight excluding hydrogens is 286 g/mol. The van der Waals surface area contributed by atoms with Crippen molar-refractivity contribution in [2.45, 2.75) is 0 Å². The zero-order valence-electron chi connectivity index (χ0n) is 10.4. The Balaban J connectivity index is 2.16. The number of benzene rings is 1. The first-order chi connectivity index (χ1) is 9.44. The summed E-state index contributed by atoms with van der Waals surface area (Å²) >= 11 is 0. The van der Waals surface area contributed by atoms with Gasteiger partial charge in [-0.05, 0) is 12.1 Å². The number of aliphatic imine (C=N–C) groups is 1. The zero-order chi connectivity index (χ0) is 14.8. The number of carboxylic acid groups (broad SMARTS) is 1. The van der Waals surface area contributed by atoms with E-state index in [-0.39, 0.29) is 11.7 Å².